The molecule has 0 radical (unpaired) electrons. The number of anilines is 2. The first-order chi connectivity index (χ1) is 9.01. The van der Waals surface area contributed by atoms with Crippen LogP contribution in [0.25, 0.3) is 0 Å². The second-order valence-electron chi connectivity index (χ2n) is 4.09. The fraction of sp³-hybridized carbons (Fsp3) is 0.500. The molecule has 1 aromatic heterocycles. The lowest BCUT2D eigenvalue weighted by Crippen LogP contribution is -2.17. The highest BCUT2D eigenvalue weighted by molar-refractivity contribution is 7.18. The van der Waals surface area contributed by atoms with E-state index in [1.807, 2.05) is 19.9 Å². The zero-order valence-corrected chi connectivity index (χ0v) is 12.1. The molecular formula is C12H18N4O2S. The lowest BCUT2D eigenvalue weighted by Gasteiger charge is -2.08. The molecule has 0 aliphatic rings. The summed E-state index contributed by atoms with van der Waals surface area (Å²) >= 11 is 1.18. The van der Waals surface area contributed by atoms with Crippen LogP contribution in [0, 0.1) is 11.3 Å². The SMILES string of the molecule is CNC(=O)c1sc(NCCOC(C)C)c(C#N)c1N. The molecule has 0 bridgehead atoms. The van der Waals surface area contributed by atoms with Gasteiger partial charge in [-0.05, 0) is 13.8 Å². The number of hydrogen-bond donors (Lipinski definition) is 3. The van der Waals surface area contributed by atoms with Crippen LogP contribution < -0.4 is 16.4 Å². The average molecular weight is 282 g/mol. The van der Waals surface area contributed by atoms with Crippen LogP contribution >= 0.6 is 11.3 Å². The molecule has 0 spiro atoms. The molecule has 1 aromatic rings. The molecule has 0 aromatic carbocycles. The summed E-state index contributed by atoms with van der Waals surface area (Å²) in [5.74, 6) is -0.287. The number of ether oxygens (including phenoxy) is 1. The number of hydrogen-bond acceptors (Lipinski definition) is 6. The molecule has 7 heteroatoms. The molecular weight excluding hydrogens is 264 g/mol. The minimum absolute atomic E-state index is 0.159. The van der Waals surface area contributed by atoms with Gasteiger partial charge in [0, 0.05) is 13.6 Å². The van der Waals surface area contributed by atoms with Gasteiger partial charge in [-0.2, -0.15) is 5.26 Å². The van der Waals surface area contributed by atoms with E-state index in [4.69, 9.17) is 15.7 Å². The average Bonchev–Trinajstić information content (AvgIpc) is 2.70. The molecule has 0 saturated heterocycles. The van der Waals surface area contributed by atoms with E-state index in [2.05, 4.69) is 10.6 Å². The summed E-state index contributed by atoms with van der Waals surface area (Å²) in [5.41, 5.74) is 6.33. The Morgan fingerprint density at radius 1 is 1.58 bits per heavy atom. The molecule has 1 rings (SSSR count). The number of amides is 1. The Kier molecular flexibility index (Phi) is 5.60. The summed E-state index contributed by atoms with van der Waals surface area (Å²) in [7, 11) is 1.52. The highest BCUT2D eigenvalue weighted by Gasteiger charge is 2.19. The zero-order valence-electron chi connectivity index (χ0n) is 11.2. The predicted octanol–water partition coefficient (Wildman–Crippen LogP) is 1.40. The standard InChI is InChI=1S/C12H18N4O2S/c1-7(2)18-5-4-16-12-8(6-13)9(14)10(19-12)11(17)15-3/h7,16H,4-5,14H2,1-3H3,(H,15,17). The summed E-state index contributed by atoms with van der Waals surface area (Å²) in [4.78, 5) is 11.9. The van der Waals surface area contributed by atoms with Gasteiger partial charge in [0.25, 0.3) is 5.91 Å². The molecule has 0 aliphatic carbocycles. The van der Waals surface area contributed by atoms with E-state index < -0.39 is 0 Å². The minimum Gasteiger partial charge on any atom is -0.396 e. The monoisotopic (exact) mass is 282 g/mol. The molecule has 19 heavy (non-hydrogen) atoms. The van der Waals surface area contributed by atoms with Crippen molar-refractivity contribution in [2.45, 2.75) is 20.0 Å². The number of nitriles is 1. The summed E-state index contributed by atoms with van der Waals surface area (Å²) in [6, 6.07) is 2.02. The van der Waals surface area contributed by atoms with Gasteiger partial charge in [0.1, 0.15) is 21.5 Å². The van der Waals surface area contributed by atoms with Crippen molar-refractivity contribution in [3.63, 3.8) is 0 Å². The molecule has 1 heterocycles. The van der Waals surface area contributed by atoms with Gasteiger partial charge in [-0.3, -0.25) is 4.79 Å². The van der Waals surface area contributed by atoms with Crippen molar-refractivity contribution in [1.29, 1.82) is 5.26 Å². The lowest BCUT2D eigenvalue weighted by molar-refractivity contribution is 0.0871. The molecule has 1 amide bonds. The van der Waals surface area contributed by atoms with Crippen LogP contribution in [0.1, 0.15) is 29.1 Å². The third kappa shape index (κ3) is 3.84. The molecule has 0 fully saturated rings. The molecule has 0 saturated carbocycles. The maximum atomic E-state index is 11.6. The van der Waals surface area contributed by atoms with Gasteiger partial charge in [0.15, 0.2) is 0 Å². The van der Waals surface area contributed by atoms with Gasteiger partial charge >= 0.3 is 0 Å². The maximum absolute atomic E-state index is 11.6. The van der Waals surface area contributed by atoms with E-state index in [0.717, 1.165) is 0 Å². The second-order valence-corrected chi connectivity index (χ2v) is 5.11. The Hall–Kier alpha value is -1.78. The normalized spacial score (nSPS) is 10.3. The fourth-order valence-electron chi connectivity index (χ4n) is 1.42. The number of nitrogen functional groups attached to an aromatic ring is 1. The Morgan fingerprint density at radius 2 is 2.26 bits per heavy atom. The Balaban J connectivity index is 2.78. The number of nitrogens with two attached hydrogens (primary N) is 1. The van der Waals surface area contributed by atoms with Crippen LogP contribution in [0.5, 0.6) is 0 Å². The summed E-state index contributed by atoms with van der Waals surface area (Å²) in [6.45, 7) is 4.98. The Bertz CT molecular complexity index is 491. The number of nitrogens with zero attached hydrogens (tertiary/aromatic N) is 1. The van der Waals surface area contributed by atoms with Crippen molar-refractivity contribution in [3.8, 4) is 6.07 Å². The van der Waals surface area contributed by atoms with Crippen molar-refractivity contribution in [2.75, 3.05) is 31.2 Å². The van der Waals surface area contributed by atoms with Crippen LogP contribution in [-0.2, 0) is 4.74 Å². The van der Waals surface area contributed by atoms with Crippen LogP contribution in [0.4, 0.5) is 10.7 Å². The Labute approximate surface area is 116 Å². The number of carbonyl (C=O) groups excluding carboxylic acids is 1. The minimum atomic E-state index is -0.287. The van der Waals surface area contributed by atoms with Gasteiger partial charge in [-0.25, -0.2) is 0 Å². The highest BCUT2D eigenvalue weighted by Crippen LogP contribution is 2.34. The quantitative estimate of drug-likeness (QED) is 0.685. The molecule has 104 valence electrons. The van der Waals surface area contributed by atoms with E-state index in [-0.39, 0.29) is 17.7 Å². The Morgan fingerprint density at radius 3 is 2.79 bits per heavy atom. The van der Waals surface area contributed by atoms with E-state index >= 15 is 0 Å². The number of thiophene rings is 1. The van der Waals surface area contributed by atoms with Crippen molar-refractivity contribution in [1.82, 2.24) is 5.32 Å². The van der Waals surface area contributed by atoms with Gasteiger partial charge < -0.3 is 21.1 Å². The van der Waals surface area contributed by atoms with Gasteiger partial charge in [0.05, 0.1) is 18.4 Å². The van der Waals surface area contributed by atoms with E-state index in [1.54, 1.807) is 0 Å². The molecule has 4 N–H and O–H groups in total. The summed E-state index contributed by atoms with van der Waals surface area (Å²) in [5, 5.41) is 15.3. The first kappa shape index (κ1) is 15.3. The first-order valence-corrected chi connectivity index (χ1v) is 6.72. The first-order valence-electron chi connectivity index (χ1n) is 5.91. The van der Waals surface area contributed by atoms with E-state index in [9.17, 15) is 4.79 Å². The van der Waals surface area contributed by atoms with Gasteiger partial charge in [-0.15, -0.1) is 11.3 Å². The predicted molar refractivity (Wildman–Crippen MR) is 76.4 cm³/mol. The summed E-state index contributed by atoms with van der Waals surface area (Å²) in [6.07, 6.45) is 0.159. The topological polar surface area (TPSA) is 100 Å². The van der Waals surface area contributed by atoms with Crippen molar-refractivity contribution in [3.05, 3.63) is 10.4 Å². The third-order valence-corrected chi connectivity index (χ3v) is 3.49. The number of nitrogens with one attached hydrogen (secondary N) is 2. The molecule has 0 unspecified atom stereocenters. The van der Waals surface area contributed by atoms with Gasteiger partial charge in [0.2, 0.25) is 0 Å². The zero-order chi connectivity index (χ0) is 14.4. The number of carbonyl (C=O) groups is 1. The van der Waals surface area contributed by atoms with Crippen molar-refractivity contribution in [2.24, 2.45) is 0 Å². The molecule has 0 atom stereocenters. The third-order valence-electron chi connectivity index (χ3n) is 2.33. The lowest BCUT2D eigenvalue weighted by atomic mass is 10.2. The van der Waals surface area contributed by atoms with E-state index in [0.29, 0.717) is 28.6 Å². The summed E-state index contributed by atoms with van der Waals surface area (Å²) < 4.78 is 5.39. The smallest absolute Gasteiger partial charge is 0.263 e. The fourth-order valence-corrected chi connectivity index (χ4v) is 2.46. The number of rotatable bonds is 6. The largest absolute Gasteiger partial charge is 0.396 e. The van der Waals surface area contributed by atoms with Crippen LogP contribution in [-0.4, -0.2) is 32.2 Å². The van der Waals surface area contributed by atoms with Crippen molar-refractivity contribution >= 4 is 27.9 Å². The second kappa shape index (κ2) is 6.97. The maximum Gasteiger partial charge on any atom is 0.263 e. The molecule has 6 nitrogen and oxygen atoms in total. The van der Waals surface area contributed by atoms with Crippen LogP contribution in [0.2, 0.25) is 0 Å². The van der Waals surface area contributed by atoms with E-state index in [1.165, 1.54) is 18.4 Å². The van der Waals surface area contributed by atoms with Crippen molar-refractivity contribution < 1.29 is 9.53 Å². The van der Waals surface area contributed by atoms with Gasteiger partial charge in [-0.1, -0.05) is 0 Å². The highest BCUT2D eigenvalue weighted by atomic mass is 32.1. The van der Waals surface area contributed by atoms with Crippen LogP contribution in [0.15, 0.2) is 0 Å². The molecule has 0 aliphatic heterocycles. The van der Waals surface area contributed by atoms with Crippen LogP contribution in [0.3, 0.4) is 0 Å².